The molecule has 4 nitrogen and oxygen atoms in total. The van der Waals surface area contributed by atoms with Crippen molar-refractivity contribution in [3.63, 3.8) is 0 Å². The summed E-state index contributed by atoms with van der Waals surface area (Å²) in [5, 5.41) is 0. The molecule has 0 aliphatic rings. The van der Waals surface area contributed by atoms with Gasteiger partial charge in [-0.05, 0) is 19.3 Å². The molecule has 0 saturated carbocycles. The molecule has 0 N–H and O–H groups in total. The Morgan fingerprint density at radius 3 is 2.00 bits per heavy atom. The number of hydrogen-bond acceptors (Lipinski definition) is 4. The molecule has 0 aromatic rings. The highest BCUT2D eigenvalue weighted by atomic mass is 28.1. The number of hydrogen-bond donors (Lipinski definition) is 0. The molecule has 0 aromatic carbocycles. The highest BCUT2D eigenvalue weighted by molar-refractivity contribution is 6.19. The number of esters is 1. The number of unbranched alkanes of at least 4 members (excludes halogenated alkanes) is 2. The van der Waals surface area contributed by atoms with E-state index in [0.29, 0.717) is 13.2 Å². The van der Waals surface area contributed by atoms with Gasteiger partial charge < -0.3 is 14.2 Å². The van der Waals surface area contributed by atoms with E-state index in [1.165, 1.54) is 0 Å². The second-order valence-corrected chi connectivity index (χ2v) is 5.28. The Morgan fingerprint density at radius 1 is 1.05 bits per heavy atom. The number of carbonyl (C=O) groups is 1. The van der Waals surface area contributed by atoms with Crippen molar-refractivity contribution in [1.29, 1.82) is 0 Å². The Bertz CT molecular complexity index is 269. The lowest BCUT2D eigenvalue weighted by Crippen LogP contribution is -2.26. The maximum Gasteiger partial charge on any atom is 0.337 e. The zero-order valence-corrected chi connectivity index (χ0v) is 15.4. The SMILES string of the molecule is CCCCOC(OCCCC)OC(=O)C(=C[SiH3])CCC. The fourth-order valence-electron chi connectivity index (χ4n) is 1.56. The van der Waals surface area contributed by atoms with Gasteiger partial charge in [0, 0.05) is 15.8 Å². The molecule has 20 heavy (non-hydrogen) atoms. The Balaban J connectivity index is 4.32. The van der Waals surface area contributed by atoms with E-state index in [1.807, 2.05) is 12.6 Å². The molecule has 0 heterocycles. The zero-order valence-electron chi connectivity index (χ0n) is 13.4. The van der Waals surface area contributed by atoms with Crippen molar-refractivity contribution in [2.24, 2.45) is 0 Å². The molecule has 118 valence electrons. The van der Waals surface area contributed by atoms with Gasteiger partial charge in [-0.15, -0.1) is 0 Å². The third-order valence-electron chi connectivity index (χ3n) is 2.84. The molecule has 0 atom stereocenters. The largest absolute Gasteiger partial charge is 0.407 e. The van der Waals surface area contributed by atoms with Gasteiger partial charge in [0.1, 0.15) is 0 Å². The van der Waals surface area contributed by atoms with Crippen molar-refractivity contribution in [3.05, 3.63) is 11.3 Å². The lowest BCUT2D eigenvalue weighted by Gasteiger charge is -2.19. The summed E-state index contributed by atoms with van der Waals surface area (Å²) in [6.07, 6.45) is 5.63. The van der Waals surface area contributed by atoms with Crippen LogP contribution < -0.4 is 0 Å². The van der Waals surface area contributed by atoms with Crippen LogP contribution >= 0.6 is 0 Å². The molecular formula is C15H30O4Si. The van der Waals surface area contributed by atoms with Gasteiger partial charge >= 0.3 is 12.4 Å². The van der Waals surface area contributed by atoms with Crippen LogP contribution in [0.15, 0.2) is 11.3 Å². The first-order valence-corrected chi connectivity index (χ1v) is 8.94. The topological polar surface area (TPSA) is 44.8 Å². The minimum Gasteiger partial charge on any atom is -0.407 e. The van der Waals surface area contributed by atoms with E-state index in [-0.39, 0.29) is 5.97 Å². The molecule has 0 aliphatic heterocycles. The first-order chi connectivity index (χ1) is 9.69. The number of carbonyl (C=O) groups excluding carboxylic acids is 1. The smallest absolute Gasteiger partial charge is 0.337 e. The summed E-state index contributed by atoms with van der Waals surface area (Å²) in [5.41, 5.74) is 2.67. The Kier molecular flexibility index (Phi) is 12.9. The molecule has 0 bridgehead atoms. The summed E-state index contributed by atoms with van der Waals surface area (Å²) in [5.74, 6) is -0.306. The van der Waals surface area contributed by atoms with Crippen LogP contribution in [0.1, 0.15) is 59.3 Å². The van der Waals surface area contributed by atoms with E-state index in [0.717, 1.165) is 54.3 Å². The predicted molar refractivity (Wildman–Crippen MR) is 84.5 cm³/mol. The van der Waals surface area contributed by atoms with Gasteiger partial charge in [0.25, 0.3) is 0 Å². The molecular weight excluding hydrogens is 272 g/mol. The monoisotopic (exact) mass is 302 g/mol. The van der Waals surface area contributed by atoms with E-state index < -0.39 is 6.48 Å². The van der Waals surface area contributed by atoms with E-state index in [4.69, 9.17) is 14.2 Å². The van der Waals surface area contributed by atoms with Crippen LogP contribution in [0, 0.1) is 0 Å². The van der Waals surface area contributed by atoms with Gasteiger partial charge in [-0.25, -0.2) is 4.79 Å². The molecule has 5 heteroatoms. The average molecular weight is 302 g/mol. The summed E-state index contributed by atoms with van der Waals surface area (Å²) in [4.78, 5) is 12.0. The minimum atomic E-state index is -0.867. The molecule has 0 radical (unpaired) electrons. The maximum absolute atomic E-state index is 12.0. The molecule has 0 saturated heterocycles. The fraction of sp³-hybridized carbons (Fsp3) is 0.800. The van der Waals surface area contributed by atoms with Crippen molar-refractivity contribution < 1.29 is 19.0 Å². The lowest BCUT2D eigenvalue weighted by molar-refractivity contribution is -0.274. The minimum absolute atomic E-state index is 0.306. The van der Waals surface area contributed by atoms with Crippen molar-refractivity contribution >= 4 is 16.2 Å². The normalized spacial score (nSPS) is 12.1. The average Bonchev–Trinajstić information content (AvgIpc) is 2.44. The van der Waals surface area contributed by atoms with Gasteiger partial charge in [-0.3, -0.25) is 0 Å². The summed E-state index contributed by atoms with van der Waals surface area (Å²) < 4.78 is 16.3. The van der Waals surface area contributed by atoms with Crippen molar-refractivity contribution in [2.45, 2.75) is 65.8 Å². The molecule has 0 unspecified atom stereocenters. The molecule has 0 aromatic heterocycles. The first-order valence-electron chi connectivity index (χ1n) is 7.78. The van der Waals surface area contributed by atoms with Crippen LogP contribution in [0.2, 0.25) is 0 Å². The van der Waals surface area contributed by atoms with Gasteiger partial charge in [0.15, 0.2) is 0 Å². The van der Waals surface area contributed by atoms with Gasteiger partial charge in [-0.1, -0.05) is 45.7 Å². The zero-order chi connectivity index (χ0) is 15.2. The van der Waals surface area contributed by atoms with Crippen LogP contribution in [0.5, 0.6) is 0 Å². The van der Waals surface area contributed by atoms with Gasteiger partial charge in [0.2, 0.25) is 0 Å². The molecule has 0 aliphatic carbocycles. The summed E-state index contributed by atoms with van der Waals surface area (Å²) in [6, 6.07) is 0. The third kappa shape index (κ3) is 9.28. The van der Waals surface area contributed by atoms with Crippen molar-refractivity contribution in [1.82, 2.24) is 0 Å². The summed E-state index contributed by atoms with van der Waals surface area (Å²) >= 11 is 0. The Labute approximate surface area is 126 Å². The van der Waals surface area contributed by atoms with E-state index in [9.17, 15) is 4.79 Å². The van der Waals surface area contributed by atoms with E-state index >= 15 is 0 Å². The highest BCUT2D eigenvalue weighted by Crippen LogP contribution is 2.10. The summed E-state index contributed by atoms with van der Waals surface area (Å²) in [6.45, 7) is 6.46. The molecule has 0 spiro atoms. The number of ether oxygens (including phenoxy) is 3. The van der Waals surface area contributed by atoms with Crippen molar-refractivity contribution in [3.8, 4) is 0 Å². The van der Waals surface area contributed by atoms with Crippen molar-refractivity contribution in [2.75, 3.05) is 13.2 Å². The van der Waals surface area contributed by atoms with Crippen LogP contribution in [0.4, 0.5) is 0 Å². The van der Waals surface area contributed by atoms with Crippen LogP contribution in [0.3, 0.4) is 0 Å². The molecule has 0 fully saturated rings. The number of rotatable bonds is 12. The first kappa shape index (κ1) is 19.3. The van der Waals surface area contributed by atoms with E-state index in [2.05, 4.69) is 13.8 Å². The summed E-state index contributed by atoms with van der Waals surface area (Å²) in [7, 11) is 0.847. The Morgan fingerprint density at radius 2 is 1.60 bits per heavy atom. The Hall–Kier alpha value is -0.653. The van der Waals surface area contributed by atoms with E-state index in [1.54, 1.807) is 0 Å². The second kappa shape index (κ2) is 13.3. The van der Waals surface area contributed by atoms with Gasteiger partial charge in [0.05, 0.1) is 13.2 Å². The lowest BCUT2D eigenvalue weighted by atomic mass is 10.2. The fourth-order valence-corrected chi connectivity index (χ4v) is 2.08. The standard InChI is InChI=1S/C15H30O4Si/c1-4-7-10-17-15(18-11-8-5-2)19-14(16)13(12-20)9-6-3/h12,15H,4-11H2,1-3,20H3. The quantitative estimate of drug-likeness (QED) is 0.183. The third-order valence-corrected chi connectivity index (χ3v) is 3.53. The van der Waals surface area contributed by atoms with Gasteiger partial charge in [-0.2, -0.15) is 0 Å². The van der Waals surface area contributed by atoms with Crippen LogP contribution in [-0.2, 0) is 19.0 Å². The predicted octanol–water partition coefficient (Wildman–Crippen LogP) is 2.50. The molecule has 0 rings (SSSR count). The maximum atomic E-state index is 12.0. The van der Waals surface area contributed by atoms with Crippen LogP contribution in [-0.4, -0.2) is 35.9 Å². The van der Waals surface area contributed by atoms with Crippen LogP contribution in [0.25, 0.3) is 0 Å². The highest BCUT2D eigenvalue weighted by Gasteiger charge is 2.17. The molecule has 0 amide bonds. The second-order valence-electron chi connectivity index (χ2n) is 4.71.